The normalized spacial score (nSPS) is 21.1. The van der Waals surface area contributed by atoms with Gasteiger partial charge in [0.15, 0.2) is 10.9 Å². The molecular weight excluding hydrogens is 553 g/mol. The van der Waals surface area contributed by atoms with Gasteiger partial charge in [-0.1, -0.05) is 11.6 Å². The number of nitrogens with one attached hydrogen (secondary N) is 3. The molecule has 38 heavy (non-hydrogen) atoms. The number of pyridine rings is 1. The average molecular weight is 580 g/mol. The van der Waals surface area contributed by atoms with Crippen molar-refractivity contribution in [1.29, 1.82) is 0 Å². The van der Waals surface area contributed by atoms with E-state index in [9.17, 15) is 14.4 Å². The summed E-state index contributed by atoms with van der Waals surface area (Å²) in [5.41, 5.74) is 0.965. The second kappa shape index (κ2) is 12.2. The fourth-order valence-corrected chi connectivity index (χ4v) is 5.87. The van der Waals surface area contributed by atoms with Gasteiger partial charge in [0.05, 0.1) is 23.0 Å². The summed E-state index contributed by atoms with van der Waals surface area (Å²) in [7, 11) is 2.04. The molecule has 202 valence electrons. The van der Waals surface area contributed by atoms with Crippen molar-refractivity contribution in [2.75, 3.05) is 18.9 Å². The van der Waals surface area contributed by atoms with Crippen molar-refractivity contribution in [3.63, 3.8) is 0 Å². The molecular formula is C24H27Cl2N7O4S. The van der Waals surface area contributed by atoms with Gasteiger partial charge in [-0.2, -0.15) is 0 Å². The van der Waals surface area contributed by atoms with E-state index in [2.05, 4.69) is 35.8 Å². The maximum absolute atomic E-state index is 13.2. The molecule has 1 saturated carbocycles. The summed E-state index contributed by atoms with van der Waals surface area (Å²) in [6.45, 7) is 1.67. The Bertz CT molecular complexity index is 1290. The van der Waals surface area contributed by atoms with Gasteiger partial charge in [0.1, 0.15) is 12.1 Å². The number of amides is 3. The molecule has 3 atom stereocenters. The molecule has 14 heteroatoms. The predicted molar refractivity (Wildman–Crippen MR) is 144 cm³/mol. The number of likely N-dealkylation sites (N-methyl/N-ethyl adjacent to an activating group) is 1. The van der Waals surface area contributed by atoms with E-state index in [1.165, 1.54) is 29.9 Å². The largest absolute Gasteiger partial charge is 0.449 e. The van der Waals surface area contributed by atoms with Crippen LogP contribution in [0, 0.1) is 0 Å². The van der Waals surface area contributed by atoms with Gasteiger partial charge in [-0.25, -0.2) is 15.0 Å². The number of carbonyl (C=O) groups excluding carboxylic acids is 3. The van der Waals surface area contributed by atoms with Gasteiger partial charge in [-0.3, -0.25) is 14.4 Å². The van der Waals surface area contributed by atoms with Gasteiger partial charge < -0.3 is 25.3 Å². The molecule has 3 aromatic heterocycles. The van der Waals surface area contributed by atoms with Crippen LogP contribution < -0.4 is 16.0 Å². The lowest BCUT2D eigenvalue weighted by molar-refractivity contribution is -0.136. The van der Waals surface area contributed by atoms with E-state index in [-0.39, 0.29) is 30.0 Å². The van der Waals surface area contributed by atoms with Gasteiger partial charge in [0, 0.05) is 42.5 Å². The molecule has 0 unspecified atom stereocenters. The molecule has 1 aliphatic heterocycles. The van der Waals surface area contributed by atoms with E-state index < -0.39 is 23.9 Å². The summed E-state index contributed by atoms with van der Waals surface area (Å²) in [6.07, 6.45) is 6.98. The van der Waals surface area contributed by atoms with Crippen molar-refractivity contribution >= 4 is 58.9 Å². The Kier molecular flexibility index (Phi) is 8.98. The Morgan fingerprint density at radius 1 is 1.13 bits per heavy atom. The lowest BCUT2D eigenvalue weighted by Gasteiger charge is -2.35. The molecule has 0 spiro atoms. The Labute approximate surface area is 234 Å². The summed E-state index contributed by atoms with van der Waals surface area (Å²) >= 11 is 7.21. The van der Waals surface area contributed by atoms with Crippen molar-refractivity contribution in [2.45, 2.75) is 50.2 Å². The maximum Gasteiger partial charge on any atom is 0.314 e. The van der Waals surface area contributed by atoms with Crippen LogP contribution in [0.2, 0.25) is 5.02 Å². The summed E-state index contributed by atoms with van der Waals surface area (Å²) in [5.74, 6) is -1.20. The second-order valence-electron chi connectivity index (χ2n) is 9.23. The number of halogens is 2. The number of rotatable bonds is 5. The lowest BCUT2D eigenvalue weighted by Crippen LogP contribution is -2.56. The Hall–Kier alpha value is -3.06. The molecule has 3 amide bonds. The molecule has 0 aromatic carbocycles. The zero-order valence-corrected chi connectivity index (χ0v) is 22.9. The summed E-state index contributed by atoms with van der Waals surface area (Å²) in [4.78, 5) is 54.5. The number of aromatic nitrogens is 3. The highest BCUT2D eigenvalue weighted by atomic mass is 35.5. The zero-order valence-electron chi connectivity index (χ0n) is 20.5. The van der Waals surface area contributed by atoms with E-state index >= 15 is 0 Å². The van der Waals surface area contributed by atoms with Crippen molar-refractivity contribution < 1.29 is 18.8 Å². The van der Waals surface area contributed by atoms with Gasteiger partial charge >= 0.3 is 11.8 Å². The topological polar surface area (TPSA) is 142 Å². The molecule has 0 bridgehead atoms. The Balaban J connectivity index is 0.00000336. The third-order valence-corrected chi connectivity index (χ3v) is 7.88. The third-order valence-electron chi connectivity index (χ3n) is 6.58. The highest BCUT2D eigenvalue weighted by Crippen LogP contribution is 2.33. The molecule has 1 fully saturated rings. The quantitative estimate of drug-likeness (QED) is 0.391. The average Bonchev–Trinajstić information content (AvgIpc) is 3.56. The fraction of sp³-hybridized carbons (Fsp3) is 0.417. The van der Waals surface area contributed by atoms with Crippen LogP contribution >= 0.6 is 35.3 Å². The first-order valence-corrected chi connectivity index (χ1v) is 13.2. The van der Waals surface area contributed by atoms with Crippen LogP contribution in [0.25, 0.3) is 0 Å². The van der Waals surface area contributed by atoms with Gasteiger partial charge in [0.25, 0.3) is 5.91 Å². The molecule has 0 radical (unpaired) electrons. The first kappa shape index (κ1) is 28.0. The third kappa shape index (κ3) is 6.49. The first-order valence-electron chi connectivity index (χ1n) is 12.0. The van der Waals surface area contributed by atoms with Crippen molar-refractivity contribution in [3.8, 4) is 0 Å². The van der Waals surface area contributed by atoms with E-state index in [0.29, 0.717) is 35.2 Å². The number of fused-ring (bicyclic) bond motifs is 1. The summed E-state index contributed by atoms with van der Waals surface area (Å²) < 4.78 is 5.50. The molecule has 0 saturated heterocycles. The smallest absolute Gasteiger partial charge is 0.314 e. The van der Waals surface area contributed by atoms with Crippen LogP contribution in [-0.4, -0.2) is 63.2 Å². The summed E-state index contributed by atoms with van der Waals surface area (Å²) in [5, 5.41) is 9.10. The highest BCUT2D eigenvalue weighted by molar-refractivity contribution is 7.13. The minimum Gasteiger partial charge on any atom is -0.449 e. The van der Waals surface area contributed by atoms with Crippen molar-refractivity contribution in [1.82, 2.24) is 30.5 Å². The minimum absolute atomic E-state index is 0. The number of thiazole rings is 1. The minimum atomic E-state index is -0.855. The number of hydrogen-bond acceptors (Lipinski definition) is 9. The zero-order chi connectivity index (χ0) is 25.9. The molecule has 3 N–H and O–H groups in total. The van der Waals surface area contributed by atoms with E-state index in [0.717, 1.165) is 30.1 Å². The van der Waals surface area contributed by atoms with Gasteiger partial charge in [0.2, 0.25) is 0 Å². The Morgan fingerprint density at radius 2 is 1.97 bits per heavy atom. The SMILES string of the molecule is CN1CCc2nc(C(=O)N[C@@H]3C[C@@H](c4ncco4)CC[C@@H]3NC(=O)C(=O)Nc3ccc(Cl)cn3)sc2C1.Cl. The predicted octanol–water partition coefficient (Wildman–Crippen LogP) is 2.78. The lowest BCUT2D eigenvalue weighted by atomic mass is 9.82. The molecule has 11 nitrogen and oxygen atoms in total. The van der Waals surface area contributed by atoms with Gasteiger partial charge in [-0.15, -0.1) is 23.7 Å². The maximum atomic E-state index is 13.2. The number of carbonyl (C=O) groups is 3. The van der Waals surface area contributed by atoms with Crippen LogP contribution in [0.1, 0.15) is 51.4 Å². The highest BCUT2D eigenvalue weighted by Gasteiger charge is 2.36. The van der Waals surface area contributed by atoms with E-state index in [1.54, 1.807) is 12.3 Å². The number of nitrogens with zero attached hydrogens (tertiary/aromatic N) is 4. The van der Waals surface area contributed by atoms with E-state index in [4.69, 9.17) is 16.0 Å². The monoisotopic (exact) mass is 579 g/mol. The van der Waals surface area contributed by atoms with Gasteiger partial charge in [-0.05, 0) is 38.4 Å². The standard InChI is InChI=1S/C24H26ClN7O4S.ClH/c1-32-8-6-16-18(12-32)37-24(30-16)22(35)29-17-10-13(23-26-7-9-36-23)2-4-15(17)28-20(33)21(34)31-19-5-3-14(25)11-27-19;/h3,5,7,9,11,13,15,17H,2,4,6,8,10,12H2,1H3,(H,28,33)(H,29,35)(H,27,31,34);1H/t13-,15-,17+;/m0./s1. The number of oxazole rings is 1. The van der Waals surface area contributed by atoms with Crippen LogP contribution in [0.5, 0.6) is 0 Å². The number of hydrogen-bond donors (Lipinski definition) is 3. The van der Waals surface area contributed by atoms with Crippen LogP contribution in [-0.2, 0) is 22.6 Å². The molecule has 5 rings (SSSR count). The molecule has 3 aromatic rings. The molecule has 4 heterocycles. The van der Waals surface area contributed by atoms with Crippen LogP contribution in [0.3, 0.4) is 0 Å². The number of anilines is 1. The second-order valence-corrected chi connectivity index (χ2v) is 10.8. The molecule has 2 aliphatic rings. The van der Waals surface area contributed by atoms with Crippen LogP contribution in [0.4, 0.5) is 5.82 Å². The first-order chi connectivity index (χ1) is 17.9. The fourth-order valence-electron chi connectivity index (χ4n) is 4.67. The van der Waals surface area contributed by atoms with Crippen molar-refractivity contribution in [3.05, 3.63) is 57.3 Å². The van der Waals surface area contributed by atoms with Crippen molar-refractivity contribution in [2.24, 2.45) is 0 Å². The summed E-state index contributed by atoms with van der Waals surface area (Å²) in [6, 6.07) is 2.15. The van der Waals surface area contributed by atoms with E-state index in [1.807, 2.05) is 7.05 Å². The molecule has 1 aliphatic carbocycles. The Morgan fingerprint density at radius 3 is 2.71 bits per heavy atom. The van der Waals surface area contributed by atoms with Crippen LogP contribution in [0.15, 0.2) is 35.2 Å².